The van der Waals surface area contributed by atoms with Gasteiger partial charge in [-0.25, -0.2) is 23.4 Å². The highest BCUT2D eigenvalue weighted by Crippen LogP contribution is 2.35. The zero-order valence-corrected chi connectivity index (χ0v) is 22.0. The SMILES string of the molecule is CC(=CC(C)C#N)C(=O)N1CCCC1Cn1nc(-c2ccc(Oc3cccc(F)c3)cc2F)c2c(N)ncnc21. The molecule has 2 aromatic carbocycles. The van der Waals surface area contributed by atoms with Gasteiger partial charge in [-0.2, -0.15) is 10.4 Å². The van der Waals surface area contributed by atoms with E-state index in [9.17, 15) is 9.18 Å². The van der Waals surface area contributed by atoms with E-state index in [2.05, 4.69) is 21.1 Å². The van der Waals surface area contributed by atoms with Gasteiger partial charge in [0.15, 0.2) is 5.65 Å². The van der Waals surface area contributed by atoms with Crippen LogP contribution in [0.15, 0.2) is 60.4 Å². The van der Waals surface area contributed by atoms with Crippen molar-refractivity contribution in [1.82, 2.24) is 24.6 Å². The van der Waals surface area contributed by atoms with E-state index in [1.165, 1.54) is 36.7 Å². The van der Waals surface area contributed by atoms with E-state index >= 15 is 4.39 Å². The molecular weight excluding hydrogens is 516 g/mol. The predicted octanol–water partition coefficient (Wildman–Crippen LogP) is 5.24. The molecule has 1 saturated heterocycles. The number of carbonyl (C=O) groups excluding carboxylic acids is 1. The number of anilines is 1. The summed E-state index contributed by atoms with van der Waals surface area (Å²) in [5, 5.41) is 14.2. The molecule has 0 bridgehead atoms. The molecule has 4 aromatic rings. The van der Waals surface area contributed by atoms with Gasteiger partial charge in [-0.15, -0.1) is 0 Å². The summed E-state index contributed by atoms with van der Waals surface area (Å²) in [7, 11) is 0. The number of halogens is 2. The Kier molecular flexibility index (Phi) is 7.42. The Balaban J connectivity index is 1.46. The lowest BCUT2D eigenvalue weighted by molar-refractivity contribution is -0.128. The summed E-state index contributed by atoms with van der Waals surface area (Å²) in [6.45, 7) is 4.35. The fraction of sp³-hybridized carbons (Fsp3) is 0.276. The summed E-state index contributed by atoms with van der Waals surface area (Å²) in [5.41, 5.74) is 7.57. The number of likely N-dealkylation sites (tertiary alicyclic amines) is 1. The first-order valence-corrected chi connectivity index (χ1v) is 12.8. The maximum atomic E-state index is 15.4. The molecular formula is C29H27F2N7O2. The molecule has 0 spiro atoms. The van der Waals surface area contributed by atoms with E-state index in [1.54, 1.807) is 41.6 Å². The Morgan fingerprint density at radius 1 is 1.25 bits per heavy atom. The third-order valence-corrected chi connectivity index (χ3v) is 6.85. The first-order valence-electron chi connectivity index (χ1n) is 12.8. The van der Waals surface area contributed by atoms with Crippen molar-refractivity contribution in [2.45, 2.75) is 39.3 Å². The van der Waals surface area contributed by atoms with E-state index in [4.69, 9.17) is 15.7 Å². The molecule has 5 rings (SSSR count). The maximum absolute atomic E-state index is 15.4. The molecule has 11 heteroatoms. The number of nitrogens with zero attached hydrogens (tertiary/aromatic N) is 6. The van der Waals surface area contributed by atoms with E-state index in [0.717, 1.165) is 12.8 Å². The number of benzene rings is 2. The number of nitriles is 1. The number of fused-ring (bicyclic) bond motifs is 1. The van der Waals surface area contributed by atoms with Crippen LogP contribution in [0.4, 0.5) is 14.6 Å². The van der Waals surface area contributed by atoms with Gasteiger partial charge < -0.3 is 15.4 Å². The summed E-state index contributed by atoms with van der Waals surface area (Å²) in [5.74, 6) is -1.01. The van der Waals surface area contributed by atoms with Crippen molar-refractivity contribution >= 4 is 22.8 Å². The largest absolute Gasteiger partial charge is 0.457 e. The zero-order valence-electron chi connectivity index (χ0n) is 22.0. The van der Waals surface area contributed by atoms with E-state index in [0.29, 0.717) is 29.7 Å². The monoisotopic (exact) mass is 543 g/mol. The van der Waals surface area contributed by atoms with Crippen LogP contribution in [-0.4, -0.2) is 43.1 Å². The van der Waals surface area contributed by atoms with Gasteiger partial charge in [0, 0.05) is 29.8 Å². The maximum Gasteiger partial charge on any atom is 0.249 e. The number of carbonyl (C=O) groups is 1. The molecule has 1 aliphatic rings. The molecule has 3 heterocycles. The molecule has 204 valence electrons. The molecule has 0 saturated carbocycles. The van der Waals surface area contributed by atoms with Gasteiger partial charge in [0.05, 0.1) is 30.0 Å². The van der Waals surface area contributed by atoms with Gasteiger partial charge in [0.2, 0.25) is 5.91 Å². The number of amides is 1. The Morgan fingerprint density at radius 2 is 2.05 bits per heavy atom. The highest BCUT2D eigenvalue weighted by atomic mass is 19.1. The Hall–Kier alpha value is -4.85. The van der Waals surface area contributed by atoms with Crippen molar-refractivity contribution < 1.29 is 18.3 Å². The Labute approximate surface area is 229 Å². The number of hydrogen-bond acceptors (Lipinski definition) is 7. The Bertz CT molecular complexity index is 1660. The predicted molar refractivity (Wildman–Crippen MR) is 145 cm³/mol. The van der Waals surface area contributed by atoms with Gasteiger partial charge in [-0.05, 0) is 51.0 Å². The molecule has 40 heavy (non-hydrogen) atoms. The topological polar surface area (TPSA) is 123 Å². The van der Waals surface area contributed by atoms with Gasteiger partial charge >= 0.3 is 0 Å². The second-order valence-electron chi connectivity index (χ2n) is 9.75. The minimum Gasteiger partial charge on any atom is -0.457 e. The van der Waals surface area contributed by atoms with E-state index in [1.807, 2.05) is 0 Å². The highest BCUT2D eigenvalue weighted by Gasteiger charge is 2.31. The van der Waals surface area contributed by atoms with Crippen LogP contribution in [0, 0.1) is 28.9 Å². The third-order valence-electron chi connectivity index (χ3n) is 6.85. The molecule has 2 N–H and O–H groups in total. The molecule has 9 nitrogen and oxygen atoms in total. The van der Waals surface area contributed by atoms with Crippen molar-refractivity contribution in [2.24, 2.45) is 5.92 Å². The minimum atomic E-state index is -0.617. The van der Waals surface area contributed by atoms with Crippen molar-refractivity contribution in [2.75, 3.05) is 12.3 Å². The van der Waals surface area contributed by atoms with Crippen LogP contribution < -0.4 is 10.5 Å². The van der Waals surface area contributed by atoms with E-state index in [-0.39, 0.29) is 46.4 Å². The normalized spacial score (nSPS) is 16.2. The van der Waals surface area contributed by atoms with Crippen LogP contribution in [-0.2, 0) is 11.3 Å². The fourth-order valence-electron chi connectivity index (χ4n) is 4.97. The number of nitrogen functional groups attached to an aromatic ring is 1. The van der Waals surface area contributed by atoms with Crippen LogP contribution in [0.2, 0.25) is 0 Å². The van der Waals surface area contributed by atoms with Crippen molar-refractivity contribution in [3.63, 3.8) is 0 Å². The van der Waals surface area contributed by atoms with Crippen LogP contribution >= 0.6 is 0 Å². The lowest BCUT2D eigenvalue weighted by Gasteiger charge is -2.25. The second kappa shape index (κ2) is 11.1. The van der Waals surface area contributed by atoms with Crippen molar-refractivity contribution in [1.29, 1.82) is 5.26 Å². The lowest BCUT2D eigenvalue weighted by atomic mass is 10.1. The quantitative estimate of drug-likeness (QED) is 0.316. The van der Waals surface area contributed by atoms with Crippen LogP contribution in [0.3, 0.4) is 0 Å². The standard InChI is InChI=1S/C29H27F2N7O2/c1-17(14-32)11-18(2)29(39)37-10-4-6-20(37)15-38-28-25(27(33)34-16-35-28)26(36-38)23-9-8-22(13-24(23)31)40-21-7-3-5-19(30)12-21/h3,5,7-9,11-13,16-17,20H,4,6,10,15H2,1-2H3,(H2,33,34,35). The molecule has 1 amide bonds. The summed E-state index contributed by atoms with van der Waals surface area (Å²) >= 11 is 0. The Morgan fingerprint density at radius 3 is 2.80 bits per heavy atom. The highest BCUT2D eigenvalue weighted by molar-refractivity contribution is 5.98. The number of rotatable bonds is 7. The van der Waals surface area contributed by atoms with Crippen LogP contribution in [0.1, 0.15) is 26.7 Å². The zero-order chi connectivity index (χ0) is 28.4. The van der Waals surface area contributed by atoms with Gasteiger partial charge in [0.1, 0.15) is 41.0 Å². The molecule has 0 aliphatic carbocycles. The molecule has 2 atom stereocenters. The van der Waals surface area contributed by atoms with Gasteiger partial charge in [-0.1, -0.05) is 12.1 Å². The summed E-state index contributed by atoms with van der Waals surface area (Å²) < 4.78 is 36.2. The van der Waals surface area contributed by atoms with Gasteiger partial charge in [-0.3, -0.25) is 4.79 Å². The molecule has 0 radical (unpaired) electrons. The number of ether oxygens (including phenoxy) is 1. The summed E-state index contributed by atoms with van der Waals surface area (Å²) in [6.07, 6.45) is 4.56. The average Bonchev–Trinajstić information content (AvgIpc) is 3.54. The van der Waals surface area contributed by atoms with E-state index < -0.39 is 11.6 Å². The smallest absolute Gasteiger partial charge is 0.249 e. The average molecular weight is 544 g/mol. The number of aromatic nitrogens is 4. The number of nitrogens with two attached hydrogens (primary N) is 1. The first kappa shape index (κ1) is 26.7. The minimum absolute atomic E-state index is 0.129. The molecule has 2 aromatic heterocycles. The first-order chi connectivity index (χ1) is 19.2. The van der Waals surface area contributed by atoms with Gasteiger partial charge in [0.25, 0.3) is 0 Å². The number of allylic oxidation sites excluding steroid dienone is 1. The fourth-order valence-corrected chi connectivity index (χ4v) is 4.97. The molecule has 1 aliphatic heterocycles. The summed E-state index contributed by atoms with van der Waals surface area (Å²) in [4.78, 5) is 23.4. The van der Waals surface area contributed by atoms with Crippen molar-refractivity contribution in [3.8, 4) is 28.8 Å². The van der Waals surface area contributed by atoms with Crippen LogP contribution in [0.5, 0.6) is 11.5 Å². The lowest BCUT2D eigenvalue weighted by Crippen LogP contribution is -2.38. The van der Waals surface area contributed by atoms with Crippen molar-refractivity contribution in [3.05, 3.63) is 72.1 Å². The molecule has 1 fully saturated rings. The molecule has 2 unspecified atom stereocenters. The van der Waals surface area contributed by atoms with Crippen LogP contribution in [0.25, 0.3) is 22.3 Å². The third kappa shape index (κ3) is 5.33. The number of hydrogen-bond donors (Lipinski definition) is 1. The second-order valence-corrected chi connectivity index (χ2v) is 9.75. The summed E-state index contributed by atoms with van der Waals surface area (Å²) in [6, 6.07) is 11.8.